The third kappa shape index (κ3) is 3.73. The van der Waals surface area contributed by atoms with E-state index in [0.717, 1.165) is 6.42 Å². The van der Waals surface area contributed by atoms with E-state index >= 15 is 0 Å². The topological polar surface area (TPSA) is 18.5 Å². The normalized spacial score (nSPS) is 30.0. The van der Waals surface area contributed by atoms with Gasteiger partial charge in [0.2, 0.25) is 0 Å². The molecule has 1 aliphatic heterocycles. The summed E-state index contributed by atoms with van der Waals surface area (Å²) in [5, 5.41) is 0. The molecule has 0 amide bonds. The minimum Gasteiger partial charge on any atom is -0.400 e. The van der Waals surface area contributed by atoms with Crippen LogP contribution in [-0.4, -0.2) is 18.3 Å². The standard InChI is InChI=1S/C17H25BO2.C4H10/c1-11-7-8-13-10-15(12(2)9-14(11)13)18-19-16(3,4)17(5,6)20-18;1-3-4-2/h7-8,10-12H,9H2,1-6H3;3-4H2,1-2H3. The van der Waals surface area contributed by atoms with Crippen molar-refractivity contribution in [1.29, 1.82) is 0 Å². The number of hydrogen-bond acceptors (Lipinski definition) is 2. The highest BCUT2D eigenvalue weighted by Crippen LogP contribution is 2.44. The predicted molar refractivity (Wildman–Crippen MR) is 104 cm³/mol. The summed E-state index contributed by atoms with van der Waals surface area (Å²) >= 11 is 0. The Bertz CT molecular complexity index is 536. The van der Waals surface area contributed by atoms with E-state index in [1.807, 2.05) is 0 Å². The molecule has 2 aliphatic carbocycles. The number of hydrogen-bond donors (Lipinski definition) is 0. The molecule has 0 aromatic carbocycles. The van der Waals surface area contributed by atoms with E-state index in [9.17, 15) is 0 Å². The zero-order valence-electron chi connectivity index (χ0n) is 16.9. The van der Waals surface area contributed by atoms with Gasteiger partial charge in [0, 0.05) is 0 Å². The highest BCUT2D eigenvalue weighted by Gasteiger charge is 2.53. The van der Waals surface area contributed by atoms with Gasteiger partial charge in [0.15, 0.2) is 0 Å². The van der Waals surface area contributed by atoms with Gasteiger partial charge in [-0.15, -0.1) is 0 Å². The monoisotopic (exact) mass is 330 g/mol. The van der Waals surface area contributed by atoms with Gasteiger partial charge in [-0.2, -0.15) is 0 Å². The largest absolute Gasteiger partial charge is 0.490 e. The molecule has 0 saturated carbocycles. The lowest BCUT2D eigenvalue weighted by atomic mass is 9.66. The Labute approximate surface area is 149 Å². The molecule has 1 heterocycles. The number of allylic oxidation sites excluding steroid dienone is 6. The SMILES string of the molecule is CC1C=CC2=C1CC(C)C(B1OC(C)(C)C(C)(C)O1)=C2.CCCC. The first-order chi connectivity index (χ1) is 11.1. The van der Waals surface area contributed by atoms with E-state index in [-0.39, 0.29) is 18.3 Å². The third-order valence-electron chi connectivity index (χ3n) is 5.93. The first-order valence-electron chi connectivity index (χ1n) is 9.61. The van der Waals surface area contributed by atoms with Gasteiger partial charge in [-0.3, -0.25) is 0 Å². The molecule has 0 radical (unpaired) electrons. The van der Waals surface area contributed by atoms with Crippen LogP contribution >= 0.6 is 0 Å². The second-order valence-electron chi connectivity index (χ2n) is 8.47. The van der Waals surface area contributed by atoms with Gasteiger partial charge >= 0.3 is 7.12 Å². The Balaban J connectivity index is 0.000000471. The second-order valence-corrected chi connectivity index (χ2v) is 8.47. The number of unbranched alkanes of at least 4 members (excludes halogenated alkanes) is 1. The molecule has 2 atom stereocenters. The fourth-order valence-electron chi connectivity index (χ4n) is 3.23. The fraction of sp³-hybridized carbons (Fsp3) is 0.714. The minimum absolute atomic E-state index is 0.201. The van der Waals surface area contributed by atoms with Crippen LogP contribution < -0.4 is 0 Å². The quantitative estimate of drug-likeness (QED) is 0.588. The van der Waals surface area contributed by atoms with Gasteiger partial charge < -0.3 is 9.31 Å². The van der Waals surface area contributed by atoms with Gasteiger partial charge in [-0.1, -0.05) is 64.3 Å². The summed E-state index contributed by atoms with van der Waals surface area (Å²) < 4.78 is 12.4. The molecule has 0 aromatic rings. The van der Waals surface area contributed by atoms with Crippen LogP contribution in [0.5, 0.6) is 0 Å². The Hall–Kier alpha value is -0.795. The van der Waals surface area contributed by atoms with E-state index < -0.39 is 0 Å². The van der Waals surface area contributed by atoms with Crippen molar-refractivity contribution in [2.24, 2.45) is 11.8 Å². The van der Waals surface area contributed by atoms with Crippen molar-refractivity contribution in [3.63, 3.8) is 0 Å². The van der Waals surface area contributed by atoms with E-state index in [2.05, 4.69) is 73.6 Å². The Morgan fingerprint density at radius 2 is 1.58 bits per heavy atom. The maximum absolute atomic E-state index is 6.21. The molecular formula is C21H35BO2. The average Bonchev–Trinajstić information content (AvgIpc) is 2.96. The first kappa shape index (κ1) is 19.5. The summed E-state index contributed by atoms with van der Waals surface area (Å²) in [6, 6.07) is 0. The molecule has 3 rings (SSSR count). The van der Waals surface area contributed by atoms with E-state index in [1.54, 1.807) is 5.57 Å². The van der Waals surface area contributed by atoms with Gasteiger partial charge in [0.1, 0.15) is 0 Å². The smallest absolute Gasteiger partial charge is 0.400 e. The van der Waals surface area contributed by atoms with Crippen LogP contribution in [0, 0.1) is 11.8 Å². The molecule has 1 fully saturated rings. The molecular weight excluding hydrogens is 295 g/mol. The second kappa shape index (κ2) is 7.21. The third-order valence-corrected chi connectivity index (χ3v) is 5.93. The maximum atomic E-state index is 6.21. The van der Waals surface area contributed by atoms with Crippen LogP contribution in [-0.2, 0) is 9.31 Å². The predicted octanol–water partition coefficient (Wildman–Crippen LogP) is 5.89. The summed E-state index contributed by atoms with van der Waals surface area (Å²) in [4.78, 5) is 0. The van der Waals surface area contributed by atoms with Crippen LogP contribution in [0.15, 0.2) is 34.8 Å². The Kier molecular flexibility index (Phi) is 5.87. The van der Waals surface area contributed by atoms with Crippen LogP contribution in [0.2, 0.25) is 0 Å². The summed E-state index contributed by atoms with van der Waals surface area (Å²) in [7, 11) is -0.201. The molecule has 0 spiro atoms. The molecule has 1 saturated heterocycles. The molecule has 134 valence electrons. The van der Waals surface area contributed by atoms with Gasteiger partial charge in [0.05, 0.1) is 11.2 Å². The Morgan fingerprint density at radius 1 is 1.04 bits per heavy atom. The lowest BCUT2D eigenvalue weighted by Gasteiger charge is -2.32. The van der Waals surface area contributed by atoms with Gasteiger partial charge in [-0.25, -0.2) is 0 Å². The lowest BCUT2D eigenvalue weighted by molar-refractivity contribution is 0.00578. The summed E-state index contributed by atoms with van der Waals surface area (Å²) in [6.07, 6.45) is 10.6. The highest BCUT2D eigenvalue weighted by molar-refractivity contribution is 6.55. The molecule has 2 nitrogen and oxygen atoms in total. The van der Waals surface area contributed by atoms with Crippen LogP contribution in [0.25, 0.3) is 0 Å². The molecule has 0 aromatic heterocycles. The van der Waals surface area contributed by atoms with Crippen molar-refractivity contribution in [3.8, 4) is 0 Å². The molecule has 3 aliphatic rings. The van der Waals surface area contributed by atoms with Crippen molar-refractivity contribution in [3.05, 3.63) is 34.8 Å². The van der Waals surface area contributed by atoms with Crippen molar-refractivity contribution in [1.82, 2.24) is 0 Å². The zero-order chi connectivity index (χ0) is 18.1. The summed E-state index contributed by atoms with van der Waals surface area (Å²) in [5.74, 6) is 1.08. The highest BCUT2D eigenvalue weighted by atomic mass is 16.7. The molecule has 24 heavy (non-hydrogen) atoms. The zero-order valence-corrected chi connectivity index (χ0v) is 16.9. The van der Waals surface area contributed by atoms with E-state index in [1.165, 1.54) is 23.9 Å². The molecule has 0 N–H and O–H groups in total. The minimum atomic E-state index is -0.258. The van der Waals surface area contributed by atoms with Gasteiger partial charge in [0.25, 0.3) is 0 Å². The van der Waals surface area contributed by atoms with E-state index in [4.69, 9.17) is 9.31 Å². The van der Waals surface area contributed by atoms with Crippen molar-refractivity contribution >= 4 is 7.12 Å². The maximum Gasteiger partial charge on any atom is 0.490 e. The van der Waals surface area contributed by atoms with Crippen molar-refractivity contribution < 1.29 is 9.31 Å². The van der Waals surface area contributed by atoms with Crippen LogP contribution in [0.4, 0.5) is 0 Å². The van der Waals surface area contributed by atoms with Crippen LogP contribution in [0.3, 0.4) is 0 Å². The van der Waals surface area contributed by atoms with Crippen molar-refractivity contribution in [2.75, 3.05) is 0 Å². The molecule has 3 heteroatoms. The fourth-order valence-corrected chi connectivity index (χ4v) is 3.23. The first-order valence-corrected chi connectivity index (χ1v) is 9.61. The molecule has 2 unspecified atom stereocenters. The van der Waals surface area contributed by atoms with E-state index in [0.29, 0.717) is 11.8 Å². The van der Waals surface area contributed by atoms with Crippen molar-refractivity contribution in [2.45, 2.75) is 85.9 Å². The van der Waals surface area contributed by atoms with Gasteiger partial charge in [-0.05, 0) is 57.0 Å². The van der Waals surface area contributed by atoms with Crippen LogP contribution in [0.1, 0.15) is 74.7 Å². The Morgan fingerprint density at radius 3 is 2.08 bits per heavy atom. The summed E-state index contributed by atoms with van der Waals surface area (Å²) in [5.41, 5.74) is 3.72. The lowest BCUT2D eigenvalue weighted by Crippen LogP contribution is -2.41. The average molecular weight is 330 g/mol. The molecule has 0 bridgehead atoms. The summed E-state index contributed by atoms with van der Waals surface area (Å²) in [6.45, 7) is 17.4. The number of rotatable bonds is 2.